The molecule has 2 rings (SSSR count). The van der Waals surface area contributed by atoms with Gasteiger partial charge in [0, 0.05) is 6.61 Å². The molecule has 16 heavy (non-hydrogen) atoms. The summed E-state index contributed by atoms with van der Waals surface area (Å²) in [6, 6.07) is 0. The Morgan fingerprint density at radius 1 is 1.25 bits per heavy atom. The van der Waals surface area contributed by atoms with Gasteiger partial charge in [0.05, 0.1) is 19.3 Å². The van der Waals surface area contributed by atoms with E-state index in [9.17, 15) is 0 Å². The summed E-state index contributed by atoms with van der Waals surface area (Å²) in [5, 5.41) is 8.76. The molecule has 4 heteroatoms. The average molecular weight is 228 g/mol. The molecule has 2 aliphatic heterocycles. The molecule has 2 fully saturated rings. The van der Waals surface area contributed by atoms with Crippen molar-refractivity contribution in [3.63, 3.8) is 0 Å². The molecule has 0 amide bonds. The van der Waals surface area contributed by atoms with Crippen LogP contribution in [0.1, 0.15) is 25.7 Å². The predicted octanol–water partition coefficient (Wildman–Crippen LogP) is 1.24. The van der Waals surface area contributed by atoms with Gasteiger partial charge in [0.15, 0.2) is 6.29 Å². The summed E-state index contributed by atoms with van der Waals surface area (Å²) in [5.41, 5.74) is 0. The second kappa shape index (κ2) is 6.35. The predicted molar refractivity (Wildman–Crippen MR) is 59.0 cm³/mol. The minimum Gasteiger partial charge on any atom is -0.394 e. The van der Waals surface area contributed by atoms with Gasteiger partial charge in [-0.15, -0.1) is 0 Å². The topological polar surface area (TPSA) is 51.2 Å². The Bertz CT molecular complexity index is 223. The summed E-state index contributed by atoms with van der Waals surface area (Å²) in [7, 11) is 0. The summed E-state index contributed by atoms with van der Waals surface area (Å²) in [5.74, 6) is 0. The Kier molecular flexibility index (Phi) is 4.78. The first-order chi connectivity index (χ1) is 7.90. The zero-order valence-electron chi connectivity index (χ0n) is 9.51. The molecular formula is C12H20O4. The third-order valence-corrected chi connectivity index (χ3v) is 2.92. The SMILES string of the molecule is OC[C@@H]1O[C@H]1C/C=C/COC1CCCCO1. The zero-order valence-corrected chi connectivity index (χ0v) is 9.51. The van der Waals surface area contributed by atoms with E-state index in [-0.39, 0.29) is 25.1 Å². The molecule has 2 aliphatic rings. The second-order valence-electron chi connectivity index (χ2n) is 4.23. The number of hydrogen-bond acceptors (Lipinski definition) is 4. The monoisotopic (exact) mass is 228 g/mol. The minimum atomic E-state index is -0.0132. The molecule has 0 aromatic rings. The van der Waals surface area contributed by atoms with Crippen molar-refractivity contribution in [2.45, 2.75) is 44.2 Å². The Morgan fingerprint density at radius 3 is 2.88 bits per heavy atom. The van der Waals surface area contributed by atoms with Crippen LogP contribution < -0.4 is 0 Å². The molecule has 2 saturated heterocycles. The maximum atomic E-state index is 8.76. The molecule has 0 saturated carbocycles. The molecule has 0 spiro atoms. The fraction of sp³-hybridized carbons (Fsp3) is 0.833. The van der Waals surface area contributed by atoms with Crippen molar-refractivity contribution >= 4 is 0 Å². The summed E-state index contributed by atoms with van der Waals surface area (Å²) in [6.45, 7) is 1.55. The lowest BCUT2D eigenvalue weighted by atomic mass is 10.2. The molecule has 2 heterocycles. The summed E-state index contributed by atoms with van der Waals surface area (Å²) in [6.07, 6.45) is 8.52. The van der Waals surface area contributed by atoms with Crippen LogP contribution in [0.25, 0.3) is 0 Å². The van der Waals surface area contributed by atoms with E-state index in [2.05, 4.69) is 0 Å². The maximum Gasteiger partial charge on any atom is 0.157 e. The lowest BCUT2D eigenvalue weighted by Gasteiger charge is -2.21. The van der Waals surface area contributed by atoms with Crippen LogP contribution in [0.15, 0.2) is 12.2 Å². The Labute approximate surface area is 96.2 Å². The van der Waals surface area contributed by atoms with Crippen LogP contribution in [0, 0.1) is 0 Å². The van der Waals surface area contributed by atoms with Gasteiger partial charge in [-0.05, 0) is 25.7 Å². The van der Waals surface area contributed by atoms with Crippen LogP contribution in [-0.4, -0.2) is 43.4 Å². The van der Waals surface area contributed by atoms with Crippen molar-refractivity contribution in [2.75, 3.05) is 19.8 Å². The lowest BCUT2D eigenvalue weighted by Crippen LogP contribution is -2.22. The van der Waals surface area contributed by atoms with Crippen LogP contribution in [0.5, 0.6) is 0 Å². The highest BCUT2D eigenvalue weighted by Gasteiger charge is 2.36. The highest BCUT2D eigenvalue weighted by Crippen LogP contribution is 2.24. The zero-order chi connectivity index (χ0) is 11.2. The molecule has 1 N–H and O–H groups in total. The number of aliphatic hydroxyl groups is 1. The first kappa shape index (κ1) is 12.0. The number of rotatable bonds is 6. The summed E-state index contributed by atoms with van der Waals surface area (Å²) < 4.78 is 16.2. The Morgan fingerprint density at radius 2 is 2.19 bits per heavy atom. The molecule has 0 aromatic heterocycles. The standard InChI is InChI=1S/C12H20O4/c13-9-11-10(16-11)5-1-3-7-14-12-6-2-4-8-15-12/h1,3,10-13H,2,4-9H2/b3-1+/t10-,11-,12?/m0/s1. The van der Waals surface area contributed by atoms with Gasteiger partial charge in [-0.1, -0.05) is 12.2 Å². The molecule has 3 atom stereocenters. The lowest BCUT2D eigenvalue weighted by molar-refractivity contribution is -0.155. The van der Waals surface area contributed by atoms with Gasteiger partial charge in [-0.25, -0.2) is 0 Å². The van der Waals surface area contributed by atoms with Crippen molar-refractivity contribution in [3.8, 4) is 0 Å². The van der Waals surface area contributed by atoms with Crippen LogP contribution in [0.3, 0.4) is 0 Å². The van der Waals surface area contributed by atoms with E-state index in [1.54, 1.807) is 0 Å². The van der Waals surface area contributed by atoms with Gasteiger partial charge in [0.25, 0.3) is 0 Å². The molecule has 0 aromatic carbocycles. The number of ether oxygens (including phenoxy) is 3. The van der Waals surface area contributed by atoms with Crippen LogP contribution in [0.2, 0.25) is 0 Å². The highest BCUT2D eigenvalue weighted by molar-refractivity contribution is 4.93. The average Bonchev–Trinajstić information content (AvgIpc) is 3.09. The van der Waals surface area contributed by atoms with E-state index in [0.717, 1.165) is 25.9 Å². The summed E-state index contributed by atoms with van der Waals surface area (Å²) in [4.78, 5) is 0. The van der Waals surface area contributed by atoms with Gasteiger partial charge in [0.2, 0.25) is 0 Å². The van der Waals surface area contributed by atoms with Gasteiger partial charge < -0.3 is 19.3 Å². The van der Waals surface area contributed by atoms with Crippen molar-refractivity contribution in [1.82, 2.24) is 0 Å². The largest absolute Gasteiger partial charge is 0.394 e. The van der Waals surface area contributed by atoms with Crippen LogP contribution in [0.4, 0.5) is 0 Å². The van der Waals surface area contributed by atoms with Gasteiger partial charge in [0.1, 0.15) is 6.10 Å². The fourth-order valence-electron chi connectivity index (χ4n) is 1.85. The fourth-order valence-corrected chi connectivity index (χ4v) is 1.85. The van der Waals surface area contributed by atoms with Crippen molar-refractivity contribution in [1.29, 1.82) is 0 Å². The molecule has 4 nitrogen and oxygen atoms in total. The number of epoxide rings is 1. The van der Waals surface area contributed by atoms with E-state index in [4.69, 9.17) is 19.3 Å². The second-order valence-corrected chi connectivity index (χ2v) is 4.23. The third kappa shape index (κ3) is 3.87. The van der Waals surface area contributed by atoms with E-state index < -0.39 is 0 Å². The molecule has 0 bridgehead atoms. The quantitative estimate of drug-likeness (QED) is 0.549. The maximum absolute atomic E-state index is 8.76. The van der Waals surface area contributed by atoms with Crippen LogP contribution in [-0.2, 0) is 14.2 Å². The van der Waals surface area contributed by atoms with Crippen LogP contribution >= 0.6 is 0 Å². The summed E-state index contributed by atoms with van der Waals surface area (Å²) >= 11 is 0. The molecule has 0 radical (unpaired) electrons. The molecule has 92 valence electrons. The third-order valence-electron chi connectivity index (χ3n) is 2.92. The van der Waals surface area contributed by atoms with Gasteiger partial charge in [-0.3, -0.25) is 0 Å². The van der Waals surface area contributed by atoms with Gasteiger partial charge >= 0.3 is 0 Å². The molecule has 0 aliphatic carbocycles. The Hall–Kier alpha value is -0.420. The van der Waals surface area contributed by atoms with E-state index in [1.807, 2.05) is 12.2 Å². The first-order valence-electron chi connectivity index (χ1n) is 6.04. The molecular weight excluding hydrogens is 208 g/mol. The molecule has 1 unspecified atom stereocenters. The Balaban J connectivity index is 1.49. The van der Waals surface area contributed by atoms with Crippen molar-refractivity contribution in [3.05, 3.63) is 12.2 Å². The van der Waals surface area contributed by atoms with Crippen molar-refractivity contribution < 1.29 is 19.3 Å². The smallest absolute Gasteiger partial charge is 0.157 e. The van der Waals surface area contributed by atoms with Crippen molar-refractivity contribution in [2.24, 2.45) is 0 Å². The number of hydrogen-bond donors (Lipinski definition) is 1. The normalized spacial score (nSPS) is 34.4. The first-order valence-corrected chi connectivity index (χ1v) is 6.04. The van der Waals surface area contributed by atoms with E-state index in [0.29, 0.717) is 6.61 Å². The minimum absolute atomic E-state index is 0.0132. The highest BCUT2D eigenvalue weighted by atomic mass is 16.7. The number of aliphatic hydroxyl groups excluding tert-OH is 1. The van der Waals surface area contributed by atoms with Gasteiger partial charge in [-0.2, -0.15) is 0 Å². The van der Waals surface area contributed by atoms with E-state index >= 15 is 0 Å². The van der Waals surface area contributed by atoms with E-state index in [1.165, 1.54) is 6.42 Å².